The lowest BCUT2D eigenvalue weighted by molar-refractivity contribution is 0.0463. The number of ether oxygens (including phenoxy) is 3. The Bertz CT molecular complexity index is 364. The fourth-order valence-corrected chi connectivity index (χ4v) is 1.32. The van der Waals surface area contributed by atoms with E-state index in [1.165, 1.54) is 6.07 Å². The van der Waals surface area contributed by atoms with Gasteiger partial charge in [-0.3, -0.25) is 0 Å². The topological polar surface area (TPSA) is 53.7 Å². The normalized spacial score (nSPS) is 10.7. The van der Waals surface area contributed by atoms with Crippen LogP contribution in [0.5, 0.6) is 5.75 Å². The van der Waals surface area contributed by atoms with Gasteiger partial charge >= 0.3 is 0 Å². The minimum Gasteiger partial charge on any atom is -0.493 e. The molecule has 0 atom stereocenters. The highest BCUT2D eigenvalue weighted by Gasteiger charge is 2.02. The Kier molecular flexibility index (Phi) is 8.04. The molecule has 0 aliphatic rings. The van der Waals surface area contributed by atoms with E-state index in [2.05, 4.69) is 0 Å². The average Bonchev–Trinajstić information content (AvgIpc) is 2.41. The van der Waals surface area contributed by atoms with Gasteiger partial charge in [-0.25, -0.2) is 8.78 Å². The summed E-state index contributed by atoms with van der Waals surface area (Å²) in [6.07, 6.45) is 0.663. The Morgan fingerprint density at radius 3 is 2.32 bits per heavy atom. The molecule has 6 heteroatoms. The molecule has 1 aromatic rings. The molecule has 0 saturated carbocycles. The van der Waals surface area contributed by atoms with Crippen molar-refractivity contribution in [3.8, 4) is 5.75 Å². The van der Waals surface area contributed by atoms with Crippen LogP contribution in [0.1, 0.15) is 6.42 Å². The SMILES string of the molecule is NCCOCCOCCCOc1ccc(F)c(F)c1. The van der Waals surface area contributed by atoms with Gasteiger partial charge in [0, 0.05) is 25.6 Å². The zero-order valence-electron chi connectivity index (χ0n) is 10.7. The molecule has 19 heavy (non-hydrogen) atoms. The van der Waals surface area contributed by atoms with Gasteiger partial charge < -0.3 is 19.9 Å². The second kappa shape index (κ2) is 9.66. The van der Waals surface area contributed by atoms with Crippen molar-refractivity contribution in [2.24, 2.45) is 5.73 Å². The Morgan fingerprint density at radius 2 is 1.63 bits per heavy atom. The molecule has 0 radical (unpaired) electrons. The van der Waals surface area contributed by atoms with E-state index in [4.69, 9.17) is 19.9 Å². The van der Waals surface area contributed by atoms with Gasteiger partial charge in [-0.1, -0.05) is 0 Å². The largest absolute Gasteiger partial charge is 0.493 e. The summed E-state index contributed by atoms with van der Waals surface area (Å²) in [7, 11) is 0. The van der Waals surface area contributed by atoms with Crippen LogP contribution in [-0.4, -0.2) is 39.6 Å². The highest BCUT2D eigenvalue weighted by molar-refractivity contribution is 5.23. The standard InChI is InChI=1S/C13H19F2NO3/c14-12-3-2-11(10-13(12)15)19-6-1-5-17-8-9-18-7-4-16/h2-3,10H,1,4-9,16H2. The highest BCUT2D eigenvalue weighted by Crippen LogP contribution is 2.15. The predicted octanol–water partition coefficient (Wildman–Crippen LogP) is 1.73. The molecule has 0 unspecified atom stereocenters. The van der Waals surface area contributed by atoms with E-state index in [1.807, 2.05) is 0 Å². The fourth-order valence-electron chi connectivity index (χ4n) is 1.32. The molecule has 0 aliphatic carbocycles. The van der Waals surface area contributed by atoms with Gasteiger partial charge in [0.05, 0.1) is 26.4 Å². The minimum absolute atomic E-state index is 0.310. The summed E-state index contributed by atoms with van der Waals surface area (Å²) in [4.78, 5) is 0. The predicted molar refractivity (Wildman–Crippen MR) is 67.2 cm³/mol. The van der Waals surface area contributed by atoms with Crippen molar-refractivity contribution in [2.45, 2.75) is 6.42 Å². The molecule has 0 saturated heterocycles. The second-order valence-corrected chi connectivity index (χ2v) is 3.79. The smallest absolute Gasteiger partial charge is 0.162 e. The first-order valence-corrected chi connectivity index (χ1v) is 6.17. The van der Waals surface area contributed by atoms with Crippen LogP contribution < -0.4 is 10.5 Å². The number of nitrogens with two attached hydrogens (primary N) is 1. The van der Waals surface area contributed by atoms with E-state index in [9.17, 15) is 8.78 Å². The number of hydrogen-bond acceptors (Lipinski definition) is 4. The lowest BCUT2D eigenvalue weighted by atomic mass is 10.3. The quantitative estimate of drug-likeness (QED) is 0.661. The molecule has 1 rings (SSSR count). The van der Waals surface area contributed by atoms with Gasteiger partial charge in [-0.15, -0.1) is 0 Å². The first-order chi connectivity index (χ1) is 9.24. The third kappa shape index (κ3) is 7.05. The number of hydrogen-bond donors (Lipinski definition) is 1. The molecular weight excluding hydrogens is 256 g/mol. The third-order valence-corrected chi connectivity index (χ3v) is 2.23. The van der Waals surface area contributed by atoms with Crippen LogP contribution in [0.3, 0.4) is 0 Å². The molecular formula is C13H19F2NO3. The fraction of sp³-hybridized carbons (Fsp3) is 0.538. The van der Waals surface area contributed by atoms with Crippen LogP contribution in [-0.2, 0) is 9.47 Å². The number of benzene rings is 1. The molecule has 0 aliphatic heterocycles. The molecule has 108 valence electrons. The van der Waals surface area contributed by atoms with Crippen molar-refractivity contribution in [1.82, 2.24) is 0 Å². The lowest BCUT2D eigenvalue weighted by Gasteiger charge is -2.07. The van der Waals surface area contributed by atoms with Gasteiger partial charge in [-0.2, -0.15) is 0 Å². The first kappa shape index (κ1) is 15.8. The zero-order chi connectivity index (χ0) is 13.9. The summed E-state index contributed by atoms with van der Waals surface area (Å²) in [5.74, 6) is -1.48. The van der Waals surface area contributed by atoms with E-state index in [0.717, 1.165) is 12.1 Å². The molecule has 4 nitrogen and oxygen atoms in total. The molecule has 2 N–H and O–H groups in total. The van der Waals surface area contributed by atoms with Crippen molar-refractivity contribution in [1.29, 1.82) is 0 Å². The second-order valence-electron chi connectivity index (χ2n) is 3.79. The highest BCUT2D eigenvalue weighted by atomic mass is 19.2. The Hall–Kier alpha value is -1.24. The zero-order valence-corrected chi connectivity index (χ0v) is 10.7. The van der Waals surface area contributed by atoms with Crippen molar-refractivity contribution in [2.75, 3.05) is 39.6 Å². The van der Waals surface area contributed by atoms with Crippen molar-refractivity contribution >= 4 is 0 Å². The van der Waals surface area contributed by atoms with Gasteiger partial charge in [0.15, 0.2) is 11.6 Å². The first-order valence-electron chi connectivity index (χ1n) is 6.17. The average molecular weight is 275 g/mol. The summed E-state index contributed by atoms with van der Waals surface area (Å²) in [5.41, 5.74) is 5.25. The lowest BCUT2D eigenvalue weighted by Crippen LogP contribution is -2.12. The van der Waals surface area contributed by atoms with Gasteiger partial charge in [0.2, 0.25) is 0 Å². The van der Waals surface area contributed by atoms with E-state index >= 15 is 0 Å². The monoisotopic (exact) mass is 275 g/mol. The molecule has 0 aromatic heterocycles. The maximum atomic E-state index is 12.9. The van der Waals surface area contributed by atoms with Gasteiger partial charge in [-0.05, 0) is 12.1 Å². The van der Waals surface area contributed by atoms with E-state index in [1.54, 1.807) is 0 Å². The van der Waals surface area contributed by atoms with Crippen LogP contribution in [0.25, 0.3) is 0 Å². The Morgan fingerprint density at radius 1 is 0.895 bits per heavy atom. The molecule has 0 heterocycles. The molecule has 1 aromatic carbocycles. The van der Waals surface area contributed by atoms with Crippen LogP contribution in [0.4, 0.5) is 8.78 Å². The molecule has 0 bridgehead atoms. The summed E-state index contributed by atoms with van der Waals surface area (Å²) < 4.78 is 41.2. The van der Waals surface area contributed by atoms with E-state index in [-0.39, 0.29) is 0 Å². The van der Waals surface area contributed by atoms with Crippen LogP contribution >= 0.6 is 0 Å². The summed E-state index contributed by atoms with van der Waals surface area (Å²) in [6, 6.07) is 3.45. The minimum atomic E-state index is -0.911. The summed E-state index contributed by atoms with van der Waals surface area (Å²) >= 11 is 0. The molecule has 0 spiro atoms. The Balaban J connectivity index is 2.00. The number of rotatable bonds is 10. The summed E-state index contributed by atoms with van der Waals surface area (Å²) in [6.45, 7) is 2.96. The van der Waals surface area contributed by atoms with Crippen LogP contribution in [0, 0.1) is 11.6 Å². The molecule has 0 fully saturated rings. The number of halogens is 2. The van der Waals surface area contributed by atoms with Gasteiger partial charge in [0.1, 0.15) is 5.75 Å². The summed E-state index contributed by atoms with van der Waals surface area (Å²) in [5, 5.41) is 0. The van der Waals surface area contributed by atoms with Gasteiger partial charge in [0.25, 0.3) is 0 Å². The van der Waals surface area contributed by atoms with Crippen LogP contribution in [0.15, 0.2) is 18.2 Å². The maximum absolute atomic E-state index is 12.9. The van der Waals surface area contributed by atoms with E-state index in [0.29, 0.717) is 51.7 Å². The van der Waals surface area contributed by atoms with Crippen molar-refractivity contribution in [3.63, 3.8) is 0 Å². The third-order valence-electron chi connectivity index (χ3n) is 2.23. The molecule has 0 amide bonds. The van der Waals surface area contributed by atoms with E-state index < -0.39 is 11.6 Å². The Labute approximate surface area is 111 Å². The van der Waals surface area contributed by atoms with Crippen molar-refractivity contribution in [3.05, 3.63) is 29.8 Å². The maximum Gasteiger partial charge on any atom is 0.162 e. The van der Waals surface area contributed by atoms with Crippen molar-refractivity contribution < 1.29 is 23.0 Å². The van der Waals surface area contributed by atoms with Crippen LogP contribution in [0.2, 0.25) is 0 Å².